The maximum Gasteiger partial charge on any atom is 0.284 e. The topological polar surface area (TPSA) is 139 Å². The number of amides is 1. The summed E-state index contributed by atoms with van der Waals surface area (Å²) < 4.78 is 49.6. The van der Waals surface area contributed by atoms with E-state index in [1.165, 1.54) is 48.8 Å². The lowest BCUT2D eigenvalue weighted by molar-refractivity contribution is 0.102. The molecule has 0 spiro atoms. The average Bonchev–Trinajstić information content (AvgIpc) is 3.40. The third-order valence-corrected chi connectivity index (χ3v) is 6.72. The van der Waals surface area contributed by atoms with Gasteiger partial charge in [0.05, 0.1) is 11.7 Å². The number of aromatic amines is 1. The Morgan fingerprint density at radius 2 is 1.88 bits per heavy atom. The van der Waals surface area contributed by atoms with Crippen LogP contribution < -0.4 is 26.2 Å². The summed E-state index contributed by atoms with van der Waals surface area (Å²) in [5.74, 6) is -1.67. The molecule has 4 N–H and O–H groups in total. The normalized spacial score (nSPS) is 16.7. The summed E-state index contributed by atoms with van der Waals surface area (Å²) in [7, 11) is 0. The second-order valence-electron chi connectivity index (χ2n) is 9.50. The van der Waals surface area contributed by atoms with Crippen molar-refractivity contribution in [3.8, 4) is 17.2 Å². The van der Waals surface area contributed by atoms with Gasteiger partial charge in [-0.25, -0.2) is 18.2 Å². The monoisotopic (exact) mass is 576 g/mol. The van der Waals surface area contributed by atoms with Gasteiger partial charge in [0.25, 0.3) is 11.5 Å². The highest BCUT2D eigenvalue weighted by molar-refractivity contribution is 6.04. The molecule has 0 unspecified atom stereocenters. The lowest BCUT2D eigenvalue weighted by Gasteiger charge is -2.27. The van der Waals surface area contributed by atoms with Gasteiger partial charge in [-0.1, -0.05) is 0 Å². The molecular weight excluding hydrogens is 553 g/mol. The molecule has 6 rings (SSSR count). The molecule has 1 fully saturated rings. The number of nitrogens with zero attached hydrogens (tertiary/aromatic N) is 4. The lowest BCUT2D eigenvalue weighted by atomic mass is 10.0. The fourth-order valence-electron chi connectivity index (χ4n) is 4.60. The first-order chi connectivity index (χ1) is 20.4. The smallest absolute Gasteiger partial charge is 0.284 e. The number of alkyl halides is 1. The standard InChI is InChI=1S/C28H23F3N8O3/c29-15-1-4-17(5-2-15)39-28(41)18(7-12-34-39)27(40)35-16-3-6-22(19(30)13-16)42-23-9-11-33-25-24(23)26(38-37-25)36-21-8-10-32-14-20(21)31/h1-7,9,11-13,20-21,32H,8,10,14H2,(H,35,40)(H2,33,36,37,38)/t20-,21+/m0/s1. The summed E-state index contributed by atoms with van der Waals surface area (Å²) in [4.78, 5) is 30.0. The molecular formula is C28H23F3N8O3. The van der Waals surface area contributed by atoms with Crippen molar-refractivity contribution in [1.29, 1.82) is 0 Å². The van der Waals surface area contributed by atoms with Gasteiger partial charge in [0, 0.05) is 36.8 Å². The van der Waals surface area contributed by atoms with Crippen LogP contribution >= 0.6 is 0 Å². The number of carbonyl (C=O) groups is 1. The van der Waals surface area contributed by atoms with Crippen molar-refractivity contribution in [2.75, 3.05) is 23.7 Å². The van der Waals surface area contributed by atoms with E-state index in [2.05, 4.69) is 36.2 Å². The molecule has 2 atom stereocenters. The molecule has 5 aromatic rings. The summed E-state index contributed by atoms with van der Waals surface area (Å²) in [5.41, 5.74) is -0.285. The zero-order valence-corrected chi connectivity index (χ0v) is 21.8. The molecule has 2 aromatic carbocycles. The number of anilines is 2. The molecule has 1 saturated heterocycles. The van der Waals surface area contributed by atoms with Crippen LogP contribution in [0.5, 0.6) is 11.5 Å². The first-order valence-electron chi connectivity index (χ1n) is 12.9. The Morgan fingerprint density at radius 3 is 2.67 bits per heavy atom. The minimum absolute atomic E-state index is 0.0693. The zero-order chi connectivity index (χ0) is 29.2. The van der Waals surface area contributed by atoms with Crippen LogP contribution in [0.4, 0.5) is 24.7 Å². The minimum atomic E-state index is -1.12. The van der Waals surface area contributed by atoms with E-state index in [1.54, 1.807) is 0 Å². The Balaban J connectivity index is 1.21. The Labute approximate surface area is 235 Å². The van der Waals surface area contributed by atoms with Gasteiger partial charge in [-0.05, 0) is 55.4 Å². The van der Waals surface area contributed by atoms with Crippen molar-refractivity contribution in [1.82, 2.24) is 30.3 Å². The summed E-state index contributed by atoms with van der Waals surface area (Å²) in [6.07, 6.45) is 2.14. The first-order valence-corrected chi connectivity index (χ1v) is 12.9. The number of carbonyl (C=O) groups excluding carboxylic acids is 1. The predicted octanol–water partition coefficient (Wildman–Crippen LogP) is 3.94. The average molecular weight is 577 g/mol. The maximum absolute atomic E-state index is 15.1. The molecule has 11 nitrogen and oxygen atoms in total. The highest BCUT2D eigenvalue weighted by atomic mass is 19.1. The molecule has 0 aliphatic carbocycles. The van der Waals surface area contributed by atoms with Crippen LogP contribution in [0.25, 0.3) is 16.7 Å². The number of nitrogens with one attached hydrogen (secondary N) is 4. The Kier molecular flexibility index (Phi) is 7.27. The van der Waals surface area contributed by atoms with E-state index in [0.717, 1.165) is 22.9 Å². The molecule has 14 heteroatoms. The van der Waals surface area contributed by atoms with Gasteiger partial charge in [-0.15, -0.1) is 0 Å². The third-order valence-electron chi connectivity index (χ3n) is 6.72. The highest BCUT2D eigenvalue weighted by Gasteiger charge is 2.26. The van der Waals surface area contributed by atoms with Crippen molar-refractivity contribution in [3.05, 3.63) is 94.5 Å². The van der Waals surface area contributed by atoms with Crippen molar-refractivity contribution in [2.24, 2.45) is 0 Å². The van der Waals surface area contributed by atoms with Crippen LogP contribution in [0.1, 0.15) is 16.8 Å². The van der Waals surface area contributed by atoms with Crippen LogP contribution in [-0.2, 0) is 0 Å². The van der Waals surface area contributed by atoms with Gasteiger partial charge in [-0.2, -0.15) is 14.9 Å². The largest absolute Gasteiger partial charge is 0.453 e. The second kappa shape index (κ2) is 11.3. The number of rotatable bonds is 7. The van der Waals surface area contributed by atoms with Crippen molar-refractivity contribution >= 4 is 28.4 Å². The van der Waals surface area contributed by atoms with Gasteiger partial charge in [0.1, 0.15) is 28.7 Å². The number of benzene rings is 2. The van der Waals surface area contributed by atoms with Gasteiger partial charge < -0.3 is 20.7 Å². The van der Waals surface area contributed by atoms with E-state index in [0.29, 0.717) is 29.8 Å². The molecule has 214 valence electrons. The number of hydrogen-bond acceptors (Lipinski definition) is 8. The van der Waals surface area contributed by atoms with Gasteiger partial charge in [0.2, 0.25) is 0 Å². The van der Waals surface area contributed by atoms with Crippen LogP contribution in [0.15, 0.2) is 71.8 Å². The molecule has 0 saturated carbocycles. The number of hydrogen-bond donors (Lipinski definition) is 4. The molecule has 1 aliphatic heterocycles. The SMILES string of the molecule is O=C(Nc1ccc(Oc2ccnc3[nH]nc(N[C@@H]4CCNC[C@@H]4F)c23)c(F)c1)c1ccnn(-c2ccc(F)cc2)c1=O. The van der Waals surface area contributed by atoms with E-state index in [-0.39, 0.29) is 35.0 Å². The van der Waals surface area contributed by atoms with E-state index in [4.69, 9.17) is 4.74 Å². The first kappa shape index (κ1) is 27.0. The molecule has 4 heterocycles. The maximum atomic E-state index is 15.1. The van der Waals surface area contributed by atoms with E-state index < -0.39 is 35.3 Å². The number of piperidine rings is 1. The van der Waals surface area contributed by atoms with E-state index in [9.17, 15) is 18.4 Å². The molecule has 3 aromatic heterocycles. The van der Waals surface area contributed by atoms with Gasteiger partial charge in [-0.3, -0.25) is 14.7 Å². The minimum Gasteiger partial charge on any atom is -0.453 e. The Bertz CT molecular complexity index is 1830. The summed E-state index contributed by atoms with van der Waals surface area (Å²) in [6, 6.07) is 11.1. The summed E-state index contributed by atoms with van der Waals surface area (Å²) >= 11 is 0. The Morgan fingerprint density at radius 1 is 1.05 bits per heavy atom. The molecule has 1 amide bonds. The number of halogens is 3. The van der Waals surface area contributed by atoms with Gasteiger partial charge in [0.15, 0.2) is 23.0 Å². The number of aromatic nitrogens is 5. The van der Waals surface area contributed by atoms with Gasteiger partial charge >= 0.3 is 0 Å². The van der Waals surface area contributed by atoms with Crippen LogP contribution in [0.2, 0.25) is 0 Å². The number of fused-ring (bicyclic) bond motifs is 1. The quantitative estimate of drug-likeness (QED) is 0.229. The highest BCUT2D eigenvalue weighted by Crippen LogP contribution is 2.35. The Hall–Kier alpha value is -5.24. The molecule has 0 radical (unpaired) electrons. The fraction of sp³-hybridized carbons (Fsp3) is 0.179. The van der Waals surface area contributed by atoms with Crippen molar-refractivity contribution < 1.29 is 22.7 Å². The van der Waals surface area contributed by atoms with Crippen molar-refractivity contribution in [2.45, 2.75) is 18.6 Å². The number of ether oxygens (including phenoxy) is 1. The van der Waals surface area contributed by atoms with Crippen LogP contribution in [-0.4, -0.2) is 56.2 Å². The van der Waals surface area contributed by atoms with E-state index >= 15 is 4.39 Å². The second-order valence-corrected chi connectivity index (χ2v) is 9.50. The van der Waals surface area contributed by atoms with Crippen LogP contribution in [0.3, 0.4) is 0 Å². The molecule has 42 heavy (non-hydrogen) atoms. The summed E-state index contributed by atoms with van der Waals surface area (Å²) in [5, 5.41) is 19.9. The summed E-state index contributed by atoms with van der Waals surface area (Å²) in [6.45, 7) is 0.878. The van der Waals surface area contributed by atoms with Crippen molar-refractivity contribution in [3.63, 3.8) is 0 Å². The lowest BCUT2D eigenvalue weighted by Crippen LogP contribution is -2.45. The molecule has 0 bridgehead atoms. The van der Waals surface area contributed by atoms with E-state index in [1.807, 2.05) is 0 Å². The fourth-order valence-corrected chi connectivity index (χ4v) is 4.60. The van der Waals surface area contributed by atoms with Crippen LogP contribution in [0, 0.1) is 11.6 Å². The molecule has 1 aliphatic rings. The third kappa shape index (κ3) is 5.39. The number of H-pyrrole nitrogens is 1. The zero-order valence-electron chi connectivity index (χ0n) is 21.8. The predicted molar refractivity (Wildman–Crippen MR) is 148 cm³/mol. The number of pyridine rings is 1.